The molecule has 0 unspecified atom stereocenters. The van der Waals surface area contributed by atoms with Gasteiger partial charge in [0.2, 0.25) is 5.91 Å². The van der Waals surface area contributed by atoms with Gasteiger partial charge in [-0.1, -0.05) is 0 Å². The fourth-order valence-corrected chi connectivity index (χ4v) is 1.89. The predicted molar refractivity (Wildman–Crippen MR) is 69.5 cm³/mol. The van der Waals surface area contributed by atoms with Crippen LogP contribution in [0.5, 0.6) is 0 Å². The van der Waals surface area contributed by atoms with Gasteiger partial charge in [-0.25, -0.2) is 4.98 Å². The number of morpholine rings is 1. The summed E-state index contributed by atoms with van der Waals surface area (Å²) in [6.45, 7) is 3.13. The molecular weight excluding hydrogens is 244 g/mol. The van der Waals surface area contributed by atoms with Crippen molar-refractivity contribution in [1.29, 1.82) is 5.26 Å². The Balaban J connectivity index is 1.76. The van der Waals surface area contributed by atoms with Gasteiger partial charge >= 0.3 is 0 Å². The van der Waals surface area contributed by atoms with Crippen LogP contribution in [-0.2, 0) is 9.53 Å². The van der Waals surface area contributed by atoms with E-state index in [0.29, 0.717) is 45.0 Å². The topological polar surface area (TPSA) is 78.2 Å². The van der Waals surface area contributed by atoms with Gasteiger partial charge in [0.05, 0.1) is 13.2 Å². The lowest BCUT2D eigenvalue weighted by Crippen LogP contribution is -2.41. The van der Waals surface area contributed by atoms with Gasteiger partial charge < -0.3 is 15.0 Å². The van der Waals surface area contributed by atoms with Crippen molar-refractivity contribution in [3.05, 3.63) is 24.0 Å². The molecule has 1 fully saturated rings. The van der Waals surface area contributed by atoms with Gasteiger partial charge in [-0.05, 0) is 12.1 Å². The van der Waals surface area contributed by atoms with Gasteiger partial charge in [0, 0.05) is 37.9 Å². The van der Waals surface area contributed by atoms with Crippen molar-refractivity contribution < 1.29 is 9.53 Å². The SMILES string of the molecule is N#Cc1cc(NCCC(=O)N2CCOCC2)ccn1. The maximum atomic E-state index is 11.9. The van der Waals surface area contributed by atoms with Gasteiger partial charge in [0.1, 0.15) is 11.8 Å². The van der Waals surface area contributed by atoms with Crippen molar-refractivity contribution in [1.82, 2.24) is 9.88 Å². The Kier molecular flexibility index (Phi) is 4.70. The van der Waals surface area contributed by atoms with Gasteiger partial charge in [-0.15, -0.1) is 0 Å². The number of ether oxygens (including phenoxy) is 1. The van der Waals surface area contributed by atoms with E-state index in [1.165, 1.54) is 0 Å². The molecule has 19 heavy (non-hydrogen) atoms. The second kappa shape index (κ2) is 6.71. The molecule has 1 aliphatic heterocycles. The first-order chi connectivity index (χ1) is 9.29. The highest BCUT2D eigenvalue weighted by molar-refractivity contribution is 5.76. The Morgan fingerprint density at radius 1 is 1.53 bits per heavy atom. The highest BCUT2D eigenvalue weighted by atomic mass is 16.5. The Labute approximate surface area is 112 Å². The third-order valence-corrected chi connectivity index (χ3v) is 2.91. The van der Waals surface area contributed by atoms with E-state index in [9.17, 15) is 4.79 Å². The quantitative estimate of drug-likeness (QED) is 0.858. The average molecular weight is 260 g/mol. The molecule has 0 aliphatic carbocycles. The van der Waals surface area contributed by atoms with Crippen LogP contribution in [0.25, 0.3) is 0 Å². The maximum absolute atomic E-state index is 11.9. The zero-order valence-electron chi connectivity index (χ0n) is 10.6. The van der Waals surface area contributed by atoms with E-state index in [4.69, 9.17) is 10.00 Å². The molecule has 0 bridgehead atoms. The molecule has 1 amide bonds. The van der Waals surface area contributed by atoms with Crippen LogP contribution in [0.3, 0.4) is 0 Å². The number of aromatic nitrogens is 1. The molecule has 1 saturated heterocycles. The van der Waals surface area contributed by atoms with Crippen LogP contribution >= 0.6 is 0 Å². The number of hydrogen-bond donors (Lipinski definition) is 1. The van der Waals surface area contributed by atoms with Crippen LogP contribution in [-0.4, -0.2) is 48.6 Å². The fraction of sp³-hybridized carbons (Fsp3) is 0.462. The Morgan fingerprint density at radius 2 is 2.32 bits per heavy atom. The summed E-state index contributed by atoms with van der Waals surface area (Å²) in [7, 11) is 0. The van der Waals surface area contributed by atoms with Crippen molar-refractivity contribution in [2.24, 2.45) is 0 Å². The number of nitriles is 1. The molecule has 0 aromatic carbocycles. The summed E-state index contributed by atoms with van der Waals surface area (Å²) < 4.78 is 5.20. The summed E-state index contributed by atoms with van der Waals surface area (Å²) in [5.74, 6) is 0.130. The largest absolute Gasteiger partial charge is 0.384 e. The van der Waals surface area contributed by atoms with E-state index in [-0.39, 0.29) is 5.91 Å². The molecule has 1 aromatic rings. The highest BCUT2D eigenvalue weighted by Gasteiger charge is 2.15. The monoisotopic (exact) mass is 260 g/mol. The number of rotatable bonds is 4. The summed E-state index contributed by atoms with van der Waals surface area (Å²) in [6, 6.07) is 5.42. The van der Waals surface area contributed by atoms with Gasteiger partial charge in [-0.3, -0.25) is 4.79 Å². The van der Waals surface area contributed by atoms with E-state index in [1.807, 2.05) is 11.0 Å². The summed E-state index contributed by atoms with van der Waals surface area (Å²) >= 11 is 0. The van der Waals surface area contributed by atoms with Crippen LogP contribution in [0.15, 0.2) is 18.3 Å². The zero-order chi connectivity index (χ0) is 13.5. The number of amides is 1. The minimum atomic E-state index is 0.130. The van der Waals surface area contributed by atoms with Crippen LogP contribution in [0, 0.1) is 11.3 Å². The third kappa shape index (κ3) is 3.93. The van der Waals surface area contributed by atoms with Gasteiger partial charge in [-0.2, -0.15) is 5.26 Å². The molecule has 0 saturated carbocycles. The molecule has 2 heterocycles. The van der Waals surface area contributed by atoms with E-state index in [2.05, 4.69) is 10.3 Å². The summed E-state index contributed by atoms with van der Waals surface area (Å²) in [5.41, 5.74) is 1.17. The van der Waals surface area contributed by atoms with Crippen LogP contribution < -0.4 is 5.32 Å². The number of pyridine rings is 1. The Morgan fingerprint density at radius 3 is 3.05 bits per heavy atom. The normalized spacial score (nSPS) is 14.8. The zero-order valence-corrected chi connectivity index (χ0v) is 10.6. The van der Waals surface area contributed by atoms with Crippen molar-refractivity contribution in [3.8, 4) is 6.07 Å². The molecular formula is C13H16N4O2. The van der Waals surface area contributed by atoms with Gasteiger partial charge in [0.15, 0.2) is 0 Å². The van der Waals surface area contributed by atoms with E-state index < -0.39 is 0 Å². The number of carbonyl (C=O) groups is 1. The standard InChI is InChI=1S/C13H16N4O2/c14-10-12-9-11(1-3-16-12)15-4-2-13(18)17-5-7-19-8-6-17/h1,3,9H,2,4-8H2,(H,15,16). The third-order valence-electron chi connectivity index (χ3n) is 2.91. The number of anilines is 1. The van der Waals surface area contributed by atoms with Crippen molar-refractivity contribution >= 4 is 11.6 Å². The lowest BCUT2D eigenvalue weighted by atomic mass is 10.3. The summed E-state index contributed by atoms with van der Waals surface area (Å²) in [5, 5.41) is 11.9. The number of carbonyl (C=O) groups excluding carboxylic acids is 1. The molecule has 0 spiro atoms. The highest BCUT2D eigenvalue weighted by Crippen LogP contribution is 2.07. The summed E-state index contributed by atoms with van der Waals surface area (Å²) in [4.78, 5) is 17.6. The number of nitrogens with zero attached hydrogens (tertiary/aromatic N) is 3. The molecule has 6 nitrogen and oxygen atoms in total. The van der Waals surface area contributed by atoms with Crippen molar-refractivity contribution in [2.45, 2.75) is 6.42 Å². The van der Waals surface area contributed by atoms with Crippen LogP contribution in [0.4, 0.5) is 5.69 Å². The lowest BCUT2D eigenvalue weighted by molar-refractivity contribution is -0.134. The molecule has 100 valence electrons. The van der Waals surface area contributed by atoms with E-state index in [1.54, 1.807) is 18.3 Å². The van der Waals surface area contributed by atoms with Crippen LogP contribution in [0.1, 0.15) is 12.1 Å². The Hall–Kier alpha value is -2.13. The second-order valence-electron chi connectivity index (χ2n) is 4.21. The summed E-state index contributed by atoms with van der Waals surface area (Å²) in [6.07, 6.45) is 2.01. The lowest BCUT2D eigenvalue weighted by Gasteiger charge is -2.26. The minimum absolute atomic E-state index is 0.130. The maximum Gasteiger partial charge on any atom is 0.224 e. The molecule has 1 aliphatic rings. The van der Waals surface area contributed by atoms with E-state index >= 15 is 0 Å². The predicted octanol–water partition coefficient (Wildman–Crippen LogP) is 0.614. The average Bonchev–Trinajstić information content (AvgIpc) is 2.48. The number of nitrogens with one attached hydrogen (secondary N) is 1. The van der Waals surface area contributed by atoms with Crippen LogP contribution in [0.2, 0.25) is 0 Å². The first kappa shape index (κ1) is 13.3. The second-order valence-corrected chi connectivity index (χ2v) is 4.21. The Bertz CT molecular complexity index is 478. The minimum Gasteiger partial charge on any atom is -0.384 e. The van der Waals surface area contributed by atoms with Crippen molar-refractivity contribution in [3.63, 3.8) is 0 Å². The van der Waals surface area contributed by atoms with E-state index in [0.717, 1.165) is 5.69 Å². The van der Waals surface area contributed by atoms with Crippen molar-refractivity contribution in [2.75, 3.05) is 38.2 Å². The molecule has 1 N–H and O–H groups in total. The first-order valence-corrected chi connectivity index (χ1v) is 6.25. The molecule has 0 atom stereocenters. The number of hydrogen-bond acceptors (Lipinski definition) is 5. The molecule has 6 heteroatoms. The fourth-order valence-electron chi connectivity index (χ4n) is 1.89. The molecule has 1 aromatic heterocycles. The molecule has 0 radical (unpaired) electrons. The molecule has 2 rings (SSSR count). The smallest absolute Gasteiger partial charge is 0.224 e. The first-order valence-electron chi connectivity index (χ1n) is 6.25. The van der Waals surface area contributed by atoms with Gasteiger partial charge in [0.25, 0.3) is 0 Å².